The first-order valence-electron chi connectivity index (χ1n) is 18.5. The topological polar surface area (TPSA) is 8.17 Å². The number of hydrogen-bond donors (Lipinski definition) is 0. The van der Waals surface area contributed by atoms with Crippen LogP contribution in [0.25, 0.3) is 50.5 Å². The quantitative estimate of drug-likeness (QED) is 0.183. The summed E-state index contributed by atoms with van der Waals surface area (Å²) in [5.74, 6) is 0.371. The number of aromatic nitrogens is 1. The van der Waals surface area contributed by atoms with Crippen LogP contribution in [0.4, 0.5) is 11.4 Å². The van der Waals surface area contributed by atoms with Crippen molar-refractivity contribution in [1.29, 1.82) is 0 Å². The van der Waals surface area contributed by atoms with Gasteiger partial charge >= 0.3 is 0 Å². The fourth-order valence-corrected chi connectivity index (χ4v) is 9.08. The molecule has 0 fully saturated rings. The Labute approximate surface area is 300 Å². The first-order chi connectivity index (χ1) is 25.2. The number of para-hydroxylation sites is 1. The van der Waals surface area contributed by atoms with E-state index < -0.39 is 0 Å². The first kappa shape index (κ1) is 30.0. The zero-order chi connectivity index (χ0) is 33.9. The summed E-state index contributed by atoms with van der Waals surface area (Å²) >= 11 is 0. The molecule has 0 radical (unpaired) electrons. The van der Waals surface area contributed by atoms with E-state index in [4.69, 9.17) is 0 Å². The smallest absolute Gasteiger partial charge is 0.0634 e. The Morgan fingerprint density at radius 2 is 1.47 bits per heavy atom. The van der Waals surface area contributed by atoms with E-state index in [0.29, 0.717) is 5.92 Å². The molecule has 0 saturated carbocycles. The van der Waals surface area contributed by atoms with Crippen molar-refractivity contribution in [2.24, 2.45) is 5.92 Å². The lowest BCUT2D eigenvalue weighted by molar-refractivity contribution is 0.760. The van der Waals surface area contributed by atoms with Gasteiger partial charge in [-0.05, 0) is 101 Å². The van der Waals surface area contributed by atoms with Gasteiger partial charge in [0.15, 0.2) is 0 Å². The Bertz CT molecular complexity index is 2480. The number of allylic oxidation sites excluding steroid dienone is 7. The minimum atomic E-state index is 0.155. The zero-order valence-electron chi connectivity index (χ0n) is 29.0. The second-order valence-electron chi connectivity index (χ2n) is 14.4. The van der Waals surface area contributed by atoms with Crippen LogP contribution in [-0.4, -0.2) is 10.6 Å². The van der Waals surface area contributed by atoms with Crippen molar-refractivity contribution < 1.29 is 0 Å². The minimum Gasteiger partial charge on any atom is -0.333 e. The molecule has 0 bridgehead atoms. The van der Waals surface area contributed by atoms with Gasteiger partial charge in [-0.25, -0.2) is 0 Å². The molecule has 1 aliphatic heterocycles. The molecule has 3 aliphatic carbocycles. The van der Waals surface area contributed by atoms with Crippen LogP contribution in [-0.2, 0) is 6.42 Å². The number of aryl methyl sites for hydroxylation is 1. The standard InChI is InChI=1S/C49H40N2/c1-33-15-12-26-42-40-24-8-10-27-44(40)50(38-22-13-20-36(31-38)34-16-4-2-5-17-34)46-30-29-43-41-25-9-11-28-45(41)51(49(43)48(46)47(33)42)39-23-14-21-37(32-39)35-18-6-3-7-19-35/h2-8,10-14,16-24,26-30,32-33,38H,9,15,25,31H2,1H3. The summed E-state index contributed by atoms with van der Waals surface area (Å²) < 4.78 is 2.60. The predicted molar refractivity (Wildman–Crippen MR) is 216 cm³/mol. The van der Waals surface area contributed by atoms with Crippen molar-refractivity contribution in [3.05, 3.63) is 186 Å². The van der Waals surface area contributed by atoms with Crippen LogP contribution in [0, 0.1) is 5.92 Å². The Hall–Kier alpha value is -5.86. The molecule has 2 unspecified atom stereocenters. The number of rotatable bonds is 4. The molecule has 2 atom stereocenters. The molecule has 1 aromatic heterocycles. The number of nitrogens with zero attached hydrogens (tertiary/aromatic N) is 2. The van der Waals surface area contributed by atoms with Crippen molar-refractivity contribution in [1.82, 2.24) is 4.57 Å². The van der Waals surface area contributed by atoms with E-state index in [0.717, 1.165) is 25.7 Å². The second kappa shape index (κ2) is 12.2. The molecule has 6 aromatic rings. The highest BCUT2D eigenvalue weighted by Crippen LogP contribution is 2.54. The van der Waals surface area contributed by atoms with Crippen molar-refractivity contribution >= 4 is 45.1 Å². The lowest BCUT2D eigenvalue weighted by Crippen LogP contribution is -2.31. The van der Waals surface area contributed by atoms with Crippen molar-refractivity contribution in [3.8, 4) is 16.8 Å². The van der Waals surface area contributed by atoms with Crippen molar-refractivity contribution in [2.75, 3.05) is 4.90 Å². The third-order valence-electron chi connectivity index (χ3n) is 11.4. The van der Waals surface area contributed by atoms with Gasteiger partial charge in [-0.3, -0.25) is 0 Å². The van der Waals surface area contributed by atoms with E-state index in [9.17, 15) is 0 Å². The van der Waals surface area contributed by atoms with Crippen LogP contribution in [0.3, 0.4) is 0 Å². The highest BCUT2D eigenvalue weighted by atomic mass is 15.2. The predicted octanol–water partition coefficient (Wildman–Crippen LogP) is 12.6. The average molecular weight is 657 g/mol. The number of anilines is 2. The lowest BCUT2D eigenvalue weighted by Gasteiger charge is -2.36. The van der Waals surface area contributed by atoms with Gasteiger partial charge in [-0.1, -0.05) is 140 Å². The summed E-state index contributed by atoms with van der Waals surface area (Å²) in [5, 5.41) is 1.38. The summed E-state index contributed by atoms with van der Waals surface area (Å²) in [6, 6.07) is 45.0. The Balaban J connectivity index is 1.28. The maximum Gasteiger partial charge on any atom is 0.0634 e. The molecule has 0 saturated heterocycles. The summed E-state index contributed by atoms with van der Waals surface area (Å²) in [4.78, 5) is 2.67. The molecular formula is C49H40N2. The van der Waals surface area contributed by atoms with Gasteiger partial charge in [0.25, 0.3) is 0 Å². The van der Waals surface area contributed by atoms with Gasteiger partial charge in [0.2, 0.25) is 0 Å². The number of fused-ring (bicyclic) bond motifs is 8. The fraction of sp³-hybridized carbons (Fsp3) is 0.143. The van der Waals surface area contributed by atoms with E-state index in [-0.39, 0.29) is 6.04 Å². The van der Waals surface area contributed by atoms with Crippen LogP contribution < -0.4 is 4.90 Å². The monoisotopic (exact) mass is 656 g/mol. The van der Waals surface area contributed by atoms with E-state index in [2.05, 4.69) is 180 Å². The van der Waals surface area contributed by atoms with Gasteiger partial charge in [-0.15, -0.1) is 0 Å². The molecule has 51 heavy (non-hydrogen) atoms. The van der Waals surface area contributed by atoms with Crippen LogP contribution in [0.5, 0.6) is 0 Å². The third kappa shape index (κ3) is 4.85. The molecule has 246 valence electrons. The van der Waals surface area contributed by atoms with E-state index in [1.54, 1.807) is 0 Å². The molecule has 0 N–H and O–H groups in total. The second-order valence-corrected chi connectivity index (χ2v) is 14.4. The van der Waals surface area contributed by atoms with E-state index >= 15 is 0 Å². The molecule has 4 aliphatic rings. The maximum absolute atomic E-state index is 2.67. The van der Waals surface area contributed by atoms with Crippen LogP contribution in [0.2, 0.25) is 0 Å². The number of benzene rings is 5. The van der Waals surface area contributed by atoms with E-state index in [1.165, 1.54) is 83.8 Å². The maximum atomic E-state index is 2.67. The summed E-state index contributed by atoms with van der Waals surface area (Å²) in [7, 11) is 0. The van der Waals surface area contributed by atoms with Crippen LogP contribution >= 0.6 is 0 Å². The molecule has 5 aromatic carbocycles. The van der Waals surface area contributed by atoms with Gasteiger partial charge in [0.1, 0.15) is 0 Å². The summed E-state index contributed by atoms with van der Waals surface area (Å²) in [5.41, 5.74) is 18.6. The van der Waals surface area contributed by atoms with Crippen molar-refractivity contribution in [2.45, 2.75) is 38.6 Å². The molecule has 2 nitrogen and oxygen atoms in total. The van der Waals surface area contributed by atoms with Gasteiger partial charge in [0.05, 0.1) is 17.2 Å². The summed E-state index contributed by atoms with van der Waals surface area (Å²) in [6.45, 7) is 2.43. The van der Waals surface area contributed by atoms with Crippen LogP contribution in [0.1, 0.15) is 54.1 Å². The van der Waals surface area contributed by atoms with Gasteiger partial charge in [-0.2, -0.15) is 0 Å². The fourth-order valence-electron chi connectivity index (χ4n) is 9.08. The summed E-state index contributed by atoms with van der Waals surface area (Å²) in [6.07, 6.45) is 20.6. The molecule has 0 spiro atoms. The average Bonchev–Trinajstić information content (AvgIpc) is 3.47. The molecule has 0 amide bonds. The Morgan fingerprint density at radius 3 is 2.33 bits per heavy atom. The Morgan fingerprint density at radius 1 is 0.686 bits per heavy atom. The third-order valence-corrected chi connectivity index (χ3v) is 11.4. The normalized spacial score (nSPS) is 18.9. The van der Waals surface area contributed by atoms with Crippen LogP contribution in [0.15, 0.2) is 158 Å². The largest absolute Gasteiger partial charge is 0.333 e. The minimum absolute atomic E-state index is 0.155. The number of hydrogen-bond acceptors (Lipinski definition) is 1. The van der Waals surface area contributed by atoms with Gasteiger partial charge in [0, 0.05) is 33.6 Å². The lowest BCUT2D eigenvalue weighted by atomic mass is 9.80. The van der Waals surface area contributed by atoms with Crippen molar-refractivity contribution in [3.63, 3.8) is 0 Å². The molecule has 10 rings (SSSR count). The highest BCUT2D eigenvalue weighted by Gasteiger charge is 2.36. The zero-order valence-corrected chi connectivity index (χ0v) is 29.0. The molecule has 2 heterocycles. The Kier molecular flexibility index (Phi) is 7.16. The molecular weight excluding hydrogens is 617 g/mol. The van der Waals surface area contributed by atoms with Gasteiger partial charge < -0.3 is 9.47 Å². The van der Waals surface area contributed by atoms with E-state index in [1.807, 2.05) is 0 Å². The highest BCUT2D eigenvalue weighted by molar-refractivity contribution is 6.13. The first-order valence-corrected chi connectivity index (χ1v) is 18.5. The molecule has 2 heteroatoms. The SMILES string of the molecule is CC1CC=CC2=C1c1c(ccc3c4c(n(-c5cccc(-c6ccccc6)c5)c13)C=CCC4)N(C1C=CC=C(c3ccccc3)C1)c1ccccc12.